The fourth-order valence-electron chi connectivity index (χ4n) is 2.23. The minimum Gasteiger partial charge on any atom is -0.393 e. The lowest BCUT2D eigenvalue weighted by molar-refractivity contribution is 0.126. The van der Waals surface area contributed by atoms with Gasteiger partial charge < -0.3 is 10.4 Å². The Kier molecular flexibility index (Phi) is 3.87. The van der Waals surface area contributed by atoms with E-state index in [1.54, 1.807) is 0 Å². The third kappa shape index (κ3) is 2.98. The van der Waals surface area contributed by atoms with Gasteiger partial charge in [0.1, 0.15) is 0 Å². The molecule has 0 amide bonds. The predicted molar refractivity (Wildman–Crippen MR) is 70.8 cm³/mol. The Balaban J connectivity index is 1.98. The molecule has 0 saturated heterocycles. The summed E-state index contributed by atoms with van der Waals surface area (Å²) in [5.74, 6) is 0. The number of nitrogens with one attached hydrogen (secondary N) is 1. The summed E-state index contributed by atoms with van der Waals surface area (Å²) in [6.45, 7) is 2.12. The molecule has 2 N–H and O–H groups in total. The highest BCUT2D eigenvalue weighted by Crippen LogP contribution is 2.25. The Morgan fingerprint density at radius 1 is 1.25 bits per heavy atom. The van der Waals surface area contributed by atoms with Gasteiger partial charge in [-0.3, -0.25) is 0 Å². The second-order valence-corrected chi connectivity index (χ2v) is 5.52. The highest BCUT2D eigenvalue weighted by atomic mass is 79.9. The Hall–Kier alpha value is -0.540. The van der Waals surface area contributed by atoms with Gasteiger partial charge in [0, 0.05) is 16.2 Å². The summed E-state index contributed by atoms with van der Waals surface area (Å²) in [6, 6.07) is 6.82. The first kappa shape index (κ1) is 11.9. The van der Waals surface area contributed by atoms with Crippen LogP contribution < -0.4 is 5.32 Å². The molecular weight excluding hydrogens is 266 g/mol. The lowest BCUT2D eigenvalue weighted by Crippen LogP contribution is -2.28. The lowest BCUT2D eigenvalue weighted by Gasteiger charge is -2.27. The Morgan fingerprint density at radius 3 is 2.56 bits per heavy atom. The van der Waals surface area contributed by atoms with E-state index in [2.05, 4.69) is 46.4 Å². The average molecular weight is 284 g/mol. The van der Waals surface area contributed by atoms with Crippen LogP contribution in [0.3, 0.4) is 0 Å². The Morgan fingerprint density at radius 2 is 1.94 bits per heavy atom. The van der Waals surface area contributed by atoms with Gasteiger partial charge >= 0.3 is 0 Å². The van der Waals surface area contributed by atoms with Crippen molar-refractivity contribution < 1.29 is 5.11 Å². The van der Waals surface area contributed by atoms with Crippen LogP contribution in [0.1, 0.15) is 31.2 Å². The molecule has 1 aromatic carbocycles. The molecule has 0 spiro atoms. The first-order valence-electron chi connectivity index (χ1n) is 5.86. The molecule has 0 unspecified atom stereocenters. The van der Waals surface area contributed by atoms with Gasteiger partial charge in [-0.15, -0.1) is 0 Å². The lowest BCUT2D eigenvalue weighted by atomic mass is 9.93. The van der Waals surface area contributed by atoms with Crippen molar-refractivity contribution in [3.05, 3.63) is 28.2 Å². The van der Waals surface area contributed by atoms with E-state index in [4.69, 9.17) is 0 Å². The van der Waals surface area contributed by atoms with Gasteiger partial charge in [-0.05, 0) is 56.4 Å². The molecule has 3 heteroatoms. The summed E-state index contributed by atoms with van der Waals surface area (Å²) in [5.41, 5.74) is 2.48. The van der Waals surface area contributed by atoms with Crippen LogP contribution in [0, 0.1) is 6.92 Å². The zero-order valence-electron chi connectivity index (χ0n) is 9.54. The quantitative estimate of drug-likeness (QED) is 0.871. The molecule has 88 valence electrons. The number of aryl methyl sites for hydroxylation is 1. The van der Waals surface area contributed by atoms with Crippen LogP contribution in [0.5, 0.6) is 0 Å². The number of halogens is 1. The van der Waals surface area contributed by atoms with Crippen molar-refractivity contribution in [1.29, 1.82) is 0 Å². The molecule has 0 aromatic heterocycles. The van der Waals surface area contributed by atoms with Crippen LogP contribution in [-0.2, 0) is 0 Å². The molecule has 0 radical (unpaired) electrons. The maximum Gasteiger partial charge on any atom is 0.0541 e. The molecule has 2 nitrogen and oxygen atoms in total. The molecule has 0 aliphatic heterocycles. The van der Waals surface area contributed by atoms with Crippen LogP contribution in [0.2, 0.25) is 0 Å². The predicted octanol–water partition coefficient (Wildman–Crippen LogP) is 3.47. The molecule has 1 saturated carbocycles. The minimum absolute atomic E-state index is 0.0796. The van der Waals surface area contributed by atoms with E-state index < -0.39 is 0 Å². The summed E-state index contributed by atoms with van der Waals surface area (Å²) >= 11 is 3.47. The average Bonchev–Trinajstić information content (AvgIpc) is 2.25. The molecule has 0 heterocycles. The summed E-state index contributed by atoms with van der Waals surface area (Å²) < 4.78 is 1.12. The summed E-state index contributed by atoms with van der Waals surface area (Å²) in [6.07, 6.45) is 3.90. The zero-order chi connectivity index (χ0) is 11.5. The minimum atomic E-state index is -0.0796. The number of benzene rings is 1. The third-order valence-electron chi connectivity index (χ3n) is 3.24. The van der Waals surface area contributed by atoms with E-state index in [1.807, 2.05) is 0 Å². The summed E-state index contributed by atoms with van der Waals surface area (Å²) in [4.78, 5) is 0. The number of aliphatic hydroxyl groups is 1. The maximum atomic E-state index is 9.45. The molecule has 0 atom stereocenters. The van der Waals surface area contributed by atoms with E-state index in [0.717, 1.165) is 30.2 Å². The topological polar surface area (TPSA) is 32.3 Å². The van der Waals surface area contributed by atoms with Crippen LogP contribution in [-0.4, -0.2) is 17.3 Å². The van der Waals surface area contributed by atoms with Crippen molar-refractivity contribution in [3.8, 4) is 0 Å². The van der Waals surface area contributed by atoms with Crippen LogP contribution in [0.4, 0.5) is 5.69 Å². The Bertz CT molecular complexity index is 359. The van der Waals surface area contributed by atoms with E-state index in [9.17, 15) is 5.11 Å². The smallest absolute Gasteiger partial charge is 0.0541 e. The van der Waals surface area contributed by atoms with E-state index in [-0.39, 0.29) is 6.10 Å². The zero-order valence-corrected chi connectivity index (χ0v) is 11.1. The monoisotopic (exact) mass is 283 g/mol. The normalized spacial score (nSPS) is 25.4. The number of anilines is 1. The van der Waals surface area contributed by atoms with Crippen molar-refractivity contribution in [2.75, 3.05) is 5.32 Å². The highest BCUT2D eigenvalue weighted by Gasteiger charge is 2.19. The highest BCUT2D eigenvalue weighted by molar-refractivity contribution is 9.10. The molecule has 2 rings (SSSR count). The standard InChI is InChI=1S/C13H18BrNO/c1-9-8-10(14)2-7-13(9)15-11-3-5-12(16)6-4-11/h2,7-8,11-12,15-16H,3-6H2,1H3. The van der Waals surface area contributed by atoms with Gasteiger partial charge in [0.05, 0.1) is 6.10 Å². The van der Waals surface area contributed by atoms with Gasteiger partial charge in [0.2, 0.25) is 0 Å². The van der Waals surface area contributed by atoms with Crippen molar-refractivity contribution in [2.45, 2.75) is 44.8 Å². The van der Waals surface area contributed by atoms with Gasteiger partial charge in [-0.25, -0.2) is 0 Å². The summed E-state index contributed by atoms with van der Waals surface area (Å²) in [5, 5.41) is 13.0. The molecule has 1 aliphatic carbocycles. The maximum absolute atomic E-state index is 9.45. The largest absolute Gasteiger partial charge is 0.393 e. The Labute approximate surface area is 105 Å². The molecule has 0 bridgehead atoms. The molecular formula is C13H18BrNO. The van der Waals surface area contributed by atoms with Crippen LogP contribution in [0.15, 0.2) is 22.7 Å². The van der Waals surface area contributed by atoms with Crippen molar-refractivity contribution in [2.24, 2.45) is 0 Å². The summed E-state index contributed by atoms with van der Waals surface area (Å²) in [7, 11) is 0. The number of hydrogen-bond donors (Lipinski definition) is 2. The second-order valence-electron chi connectivity index (χ2n) is 4.61. The van der Waals surface area contributed by atoms with Gasteiger partial charge in [0.25, 0.3) is 0 Å². The molecule has 1 aromatic rings. The van der Waals surface area contributed by atoms with Crippen LogP contribution in [0.25, 0.3) is 0 Å². The third-order valence-corrected chi connectivity index (χ3v) is 3.74. The first-order valence-corrected chi connectivity index (χ1v) is 6.65. The first-order chi connectivity index (χ1) is 7.65. The number of aliphatic hydroxyl groups excluding tert-OH is 1. The fourth-order valence-corrected chi connectivity index (χ4v) is 2.70. The van der Waals surface area contributed by atoms with Crippen LogP contribution >= 0.6 is 15.9 Å². The molecule has 1 fully saturated rings. The van der Waals surface area contributed by atoms with Gasteiger partial charge in [-0.2, -0.15) is 0 Å². The van der Waals surface area contributed by atoms with E-state index in [1.165, 1.54) is 11.3 Å². The second kappa shape index (κ2) is 5.19. The molecule has 16 heavy (non-hydrogen) atoms. The van der Waals surface area contributed by atoms with E-state index in [0.29, 0.717) is 6.04 Å². The molecule has 1 aliphatic rings. The van der Waals surface area contributed by atoms with Crippen molar-refractivity contribution in [3.63, 3.8) is 0 Å². The van der Waals surface area contributed by atoms with Gasteiger partial charge in [-0.1, -0.05) is 15.9 Å². The number of rotatable bonds is 2. The SMILES string of the molecule is Cc1cc(Br)ccc1NC1CCC(O)CC1. The van der Waals surface area contributed by atoms with Gasteiger partial charge in [0.15, 0.2) is 0 Å². The number of hydrogen-bond acceptors (Lipinski definition) is 2. The fraction of sp³-hybridized carbons (Fsp3) is 0.538. The van der Waals surface area contributed by atoms with Crippen molar-refractivity contribution in [1.82, 2.24) is 0 Å². The van der Waals surface area contributed by atoms with Crippen molar-refractivity contribution >= 4 is 21.6 Å². The van der Waals surface area contributed by atoms with E-state index >= 15 is 0 Å².